The maximum Gasteiger partial charge on any atom is 0.112 e. The van der Waals surface area contributed by atoms with E-state index in [1.165, 1.54) is 0 Å². The summed E-state index contributed by atoms with van der Waals surface area (Å²) in [5.74, 6) is 0. The van der Waals surface area contributed by atoms with E-state index in [9.17, 15) is 0 Å². The molecule has 0 aliphatic rings. The molecule has 2 aromatic rings. The van der Waals surface area contributed by atoms with E-state index in [2.05, 4.69) is 9.97 Å². The molecule has 0 saturated carbocycles. The molecule has 1 aromatic carbocycles. The molecular weight excluding hydrogens is 170 g/mol. The summed E-state index contributed by atoms with van der Waals surface area (Å²) in [4.78, 5) is 8.22. The summed E-state index contributed by atoms with van der Waals surface area (Å²) < 4.78 is 0. The lowest BCUT2D eigenvalue weighted by atomic mass is 10.3. The van der Waals surface area contributed by atoms with E-state index in [4.69, 9.17) is 5.73 Å². The number of nitrogens with two attached hydrogens (primary N) is 1. The highest BCUT2D eigenvalue weighted by atomic mass is 32.2. The molecule has 0 aliphatic heterocycles. The molecule has 0 saturated heterocycles. The molecule has 3 nitrogen and oxygen atoms in total. The Morgan fingerprint density at radius 1 is 1.50 bits per heavy atom. The molecule has 0 spiro atoms. The predicted octanol–water partition coefficient (Wildman–Crippen LogP) is 1.87. The van der Waals surface area contributed by atoms with Crippen LogP contribution < -0.4 is 5.73 Å². The number of benzene rings is 1. The molecular formula is C8H9N3S. The van der Waals surface area contributed by atoms with Gasteiger partial charge in [0.1, 0.15) is 5.52 Å². The molecule has 0 atom stereocenters. The van der Waals surface area contributed by atoms with Gasteiger partial charge in [0.15, 0.2) is 0 Å². The summed E-state index contributed by atoms with van der Waals surface area (Å²) >= 11 is 1.63. The normalized spacial score (nSPS) is 10.8. The number of aromatic amines is 1. The minimum absolute atomic E-state index is 0.765. The van der Waals surface area contributed by atoms with Crippen molar-refractivity contribution >= 4 is 28.5 Å². The van der Waals surface area contributed by atoms with Gasteiger partial charge in [0.25, 0.3) is 0 Å². The predicted molar refractivity (Wildman–Crippen MR) is 52.3 cm³/mol. The Morgan fingerprint density at radius 2 is 2.33 bits per heavy atom. The number of hydrogen-bond donors (Lipinski definition) is 2. The Morgan fingerprint density at radius 3 is 3.08 bits per heavy atom. The van der Waals surface area contributed by atoms with E-state index in [1.54, 1.807) is 18.1 Å². The molecule has 0 radical (unpaired) electrons. The Labute approximate surface area is 74.4 Å². The Kier molecular flexibility index (Phi) is 1.69. The molecule has 0 unspecified atom stereocenters. The largest absolute Gasteiger partial charge is 0.396 e. The second-order valence-electron chi connectivity index (χ2n) is 2.48. The van der Waals surface area contributed by atoms with Gasteiger partial charge in [-0.2, -0.15) is 0 Å². The van der Waals surface area contributed by atoms with Gasteiger partial charge in [0.2, 0.25) is 0 Å². The number of H-pyrrole nitrogens is 1. The van der Waals surface area contributed by atoms with Gasteiger partial charge in [0, 0.05) is 4.90 Å². The van der Waals surface area contributed by atoms with E-state index in [0.717, 1.165) is 21.6 Å². The fourth-order valence-electron chi connectivity index (χ4n) is 1.19. The van der Waals surface area contributed by atoms with E-state index >= 15 is 0 Å². The number of nitrogens with one attached hydrogen (secondary N) is 1. The van der Waals surface area contributed by atoms with Crippen molar-refractivity contribution in [2.24, 2.45) is 0 Å². The first-order chi connectivity index (χ1) is 5.83. The lowest BCUT2D eigenvalue weighted by Crippen LogP contribution is -1.89. The topological polar surface area (TPSA) is 54.7 Å². The van der Waals surface area contributed by atoms with Crippen molar-refractivity contribution < 1.29 is 0 Å². The van der Waals surface area contributed by atoms with Crippen molar-refractivity contribution in [1.29, 1.82) is 0 Å². The van der Waals surface area contributed by atoms with Crippen molar-refractivity contribution in [1.82, 2.24) is 9.97 Å². The van der Waals surface area contributed by atoms with Crippen LogP contribution in [0.4, 0.5) is 5.69 Å². The molecule has 0 fully saturated rings. The van der Waals surface area contributed by atoms with Crippen LogP contribution in [0.3, 0.4) is 0 Å². The quantitative estimate of drug-likeness (QED) is 0.519. The highest BCUT2D eigenvalue weighted by Crippen LogP contribution is 2.28. The summed E-state index contributed by atoms with van der Waals surface area (Å²) in [5.41, 5.74) is 8.49. The highest BCUT2D eigenvalue weighted by Gasteiger charge is 2.04. The van der Waals surface area contributed by atoms with Crippen molar-refractivity contribution in [2.75, 3.05) is 12.0 Å². The first-order valence-electron chi connectivity index (χ1n) is 3.58. The van der Waals surface area contributed by atoms with Crippen molar-refractivity contribution in [3.05, 3.63) is 18.5 Å². The number of anilines is 1. The summed E-state index contributed by atoms with van der Waals surface area (Å²) in [7, 11) is 0. The van der Waals surface area contributed by atoms with Crippen LogP contribution in [0.15, 0.2) is 23.4 Å². The maximum absolute atomic E-state index is 5.87. The van der Waals surface area contributed by atoms with Crippen LogP contribution >= 0.6 is 11.8 Å². The summed E-state index contributed by atoms with van der Waals surface area (Å²) in [6.07, 6.45) is 3.66. The molecule has 1 aromatic heterocycles. The number of nitrogen functional groups attached to an aromatic ring is 1. The zero-order valence-corrected chi connectivity index (χ0v) is 7.48. The molecule has 62 valence electrons. The van der Waals surface area contributed by atoms with Gasteiger partial charge in [-0.3, -0.25) is 0 Å². The maximum atomic E-state index is 5.87. The SMILES string of the molecule is CSc1ccc2[nH]cnc2c1N. The number of aromatic nitrogens is 2. The third-order valence-corrected chi connectivity index (χ3v) is 2.61. The van der Waals surface area contributed by atoms with Gasteiger partial charge in [0.05, 0.1) is 17.5 Å². The lowest BCUT2D eigenvalue weighted by Gasteiger charge is -2.01. The fraction of sp³-hybridized carbons (Fsp3) is 0.125. The Balaban J connectivity index is 2.78. The van der Waals surface area contributed by atoms with Gasteiger partial charge in [-0.05, 0) is 18.4 Å². The Bertz CT molecular complexity index is 408. The molecule has 0 aliphatic carbocycles. The number of fused-ring (bicyclic) bond motifs is 1. The van der Waals surface area contributed by atoms with Crippen LogP contribution in [0, 0.1) is 0 Å². The first-order valence-corrected chi connectivity index (χ1v) is 4.81. The standard InChI is InChI=1S/C8H9N3S/c1-12-6-3-2-5-8(7(6)9)11-4-10-5/h2-4H,9H2,1H3,(H,10,11). The average molecular weight is 179 g/mol. The summed E-state index contributed by atoms with van der Waals surface area (Å²) in [5, 5.41) is 0. The minimum atomic E-state index is 0.765. The lowest BCUT2D eigenvalue weighted by molar-refractivity contribution is 1.34. The van der Waals surface area contributed by atoms with Crippen LogP contribution in [-0.4, -0.2) is 16.2 Å². The van der Waals surface area contributed by atoms with E-state index in [-0.39, 0.29) is 0 Å². The van der Waals surface area contributed by atoms with Crippen LogP contribution in [0.1, 0.15) is 0 Å². The van der Waals surface area contributed by atoms with Crippen molar-refractivity contribution in [3.8, 4) is 0 Å². The summed E-state index contributed by atoms with van der Waals surface area (Å²) in [6.45, 7) is 0. The van der Waals surface area contributed by atoms with Gasteiger partial charge < -0.3 is 10.7 Å². The highest BCUT2D eigenvalue weighted by molar-refractivity contribution is 7.98. The second-order valence-corrected chi connectivity index (χ2v) is 3.33. The van der Waals surface area contributed by atoms with Gasteiger partial charge in [-0.25, -0.2) is 4.98 Å². The zero-order chi connectivity index (χ0) is 8.55. The van der Waals surface area contributed by atoms with E-state index < -0.39 is 0 Å². The van der Waals surface area contributed by atoms with Gasteiger partial charge in [-0.1, -0.05) is 0 Å². The van der Waals surface area contributed by atoms with Crippen LogP contribution in [0.5, 0.6) is 0 Å². The van der Waals surface area contributed by atoms with Crippen LogP contribution in [-0.2, 0) is 0 Å². The number of hydrogen-bond acceptors (Lipinski definition) is 3. The van der Waals surface area contributed by atoms with Gasteiger partial charge >= 0.3 is 0 Å². The minimum Gasteiger partial charge on any atom is -0.396 e. The molecule has 4 heteroatoms. The molecule has 12 heavy (non-hydrogen) atoms. The zero-order valence-electron chi connectivity index (χ0n) is 6.66. The number of thioether (sulfide) groups is 1. The molecule has 2 rings (SSSR count). The first kappa shape index (κ1) is 7.49. The van der Waals surface area contributed by atoms with Crippen molar-refractivity contribution in [3.63, 3.8) is 0 Å². The number of nitrogens with zero attached hydrogens (tertiary/aromatic N) is 1. The fourth-order valence-corrected chi connectivity index (χ4v) is 1.71. The number of rotatable bonds is 1. The molecule has 0 amide bonds. The molecule has 3 N–H and O–H groups in total. The average Bonchev–Trinajstić information content (AvgIpc) is 2.53. The monoisotopic (exact) mass is 179 g/mol. The third-order valence-electron chi connectivity index (χ3n) is 1.81. The second kappa shape index (κ2) is 2.71. The molecule has 0 bridgehead atoms. The van der Waals surface area contributed by atoms with Crippen LogP contribution in [0.2, 0.25) is 0 Å². The molecule has 1 heterocycles. The third kappa shape index (κ3) is 0.956. The van der Waals surface area contributed by atoms with E-state index in [0.29, 0.717) is 0 Å². The van der Waals surface area contributed by atoms with E-state index in [1.807, 2.05) is 18.4 Å². The smallest absolute Gasteiger partial charge is 0.112 e. The number of imidazole rings is 1. The van der Waals surface area contributed by atoms with Crippen molar-refractivity contribution in [2.45, 2.75) is 4.90 Å². The summed E-state index contributed by atoms with van der Waals surface area (Å²) in [6, 6.07) is 3.99. The Hall–Kier alpha value is -1.16. The van der Waals surface area contributed by atoms with Gasteiger partial charge in [-0.15, -0.1) is 11.8 Å². The van der Waals surface area contributed by atoms with Crippen LogP contribution in [0.25, 0.3) is 11.0 Å².